The van der Waals surface area contributed by atoms with E-state index in [-0.39, 0.29) is 0 Å². The summed E-state index contributed by atoms with van der Waals surface area (Å²) in [5.41, 5.74) is 2.16. The summed E-state index contributed by atoms with van der Waals surface area (Å²) in [4.78, 5) is 0. The molecule has 0 fully saturated rings. The number of benzene rings is 2. The van der Waals surface area contributed by atoms with Gasteiger partial charge in [-0.2, -0.15) is 0 Å². The van der Waals surface area contributed by atoms with Crippen LogP contribution in [0.3, 0.4) is 0 Å². The third-order valence-corrected chi connectivity index (χ3v) is 4.05. The normalized spacial score (nSPS) is 11.8. The first-order chi connectivity index (χ1) is 10.2. The van der Waals surface area contributed by atoms with Gasteiger partial charge in [0.05, 0.1) is 6.26 Å². The maximum absolute atomic E-state index is 6.41. The fourth-order valence-electron chi connectivity index (χ4n) is 2.67. The number of hydrogen-bond acceptors (Lipinski definition) is 2. The van der Waals surface area contributed by atoms with E-state index in [2.05, 4.69) is 25.2 Å². The van der Waals surface area contributed by atoms with Gasteiger partial charge in [-0.05, 0) is 37.1 Å². The van der Waals surface area contributed by atoms with Crippen molar-refractivity contribution in [1.82, 2.24) is 5.32 Å². The molecule has 0 aliphatic rings. The Morgan fingerprint density at radius 2 is 1.90 bits per heavy atom. The molecule has 0 radical (unpaired) electrons. The molecule has 3 aromatic rings. The van der Waals surface area contributed by atoms with Crippen LogP contribution in [-0.2, 0) is 6.42 Å². The number of halogens is 1. The molecule has 2 aromatic carbocycles. The topological polar surface area (TPSA) is 25.2 Å². The first kappa shape index (κ1) is 14.4. The zero-order valence-electron chi connectivity index (χ0n) is 12.4. The second-order valence-corrected chi connectivity index (χ2v) is 6.30. The summed E-state index contributed by atoms with van der Waals surface area (Å²) in [5.74, 6) is 0.671. The molecular weight excluding hydrogens is 282 g/mol. The van der Waals surface area contributed by atoms with Crippen LogP contribution in [0, 0.1) is 5.92 Å². The van der Waals surface area contributed by atoms with E-state index < -0.39 is 0 Å². The molecular formula is C18H20ClNO. The van der Waals surface area contributed by atoms with Gasteiger partial charge in [-0.1, -0.05) is 49.7 Å². The summed E-state index contributed by atoms with van der Waals surface area (Å²) in [7, 11) is 0. The fourth-order valence-corrected chi connectivity index (χ4v) is 2.94. The van der Waals surface area contributed by atoms with Crippen molar-refractivity contribution in [3.05, 3.63) is 47.2 Å². The van der Waals surface area contributed by atoms with Crippen molar-refractivity contribution >= 4 is 33.3 Å². The van der Waals surface area contributed by atoms with Crippen LogP contribution in [0.2, 0.25) is 5.02 Å². The summed E-state index contributed by atoms with van der Waals surface area (Å²) in [6.07, 6.45) is 2.82. The Hall–Kier alpha value is -1.51. The van der Waals surface area contributed by atoms with E-state index in [1.807, 2.05) is 30.5 Å². The second kappa shape index (κ2) is 6.08. The molecule has 2 nitrogen and oxygen atoms in total. The standard InChI is InChI=1S/C18H20ClNO/c1-12(2)10-20-8-7-13-11-21-18-15-6-4-3-5-14(15)17(19)9-16(13)18/h3-6,9,11-12,20H,7-8,10H2,1-2H3. The van der Waals surface area contributed by atoms with Crippen molar-refractivity contribution < 1.29 is 4.42 Å². The van der Waals surface area contributed by atoms with Crippen molar-refractivity contribution in [3.63, 3.8) is 0 Å². The largest absolute Gasteiger partial charge is 0.463 e. The monoisotopic (exact) mass is 301 g/mol. The van der Waals surface area contributed by atoms with Gasteiger partial charge in [0.1, 0.15) is 5.58 Å². The van der Waals surface area contributed by atoms with Crippen LogP contribution in [0.5, 0.6) is 0 Å². The maximum Gasteiger partial charge on any atom is 0.142 e. The van der Waals surface area contributed by atoms with Gasteiger partial charge < -0.3 is 9.73 Å². The van der Waals surface area contributed by atoms with Gasteiger partial charge in [0.2, 0.25) is 0 Å². The average Bonchev–Trinajstić information content (AvgIpc) is 2.87. The van der Waals surface area contributed by atoms with Crippen LogP contribution < -0.4 is 5.32 Å². The molecule has 3 heteroatoms. The molecule has 0 unspecified atom stereocenters. The number of furan rings is 1. The lowest BCUT2D eigenvalue weighted by Gasteiger charge is -2.06. The van der Waals surface area contributed by atoms with Crippen LogP contribution in [0.15, 0.2) is 41.0 Å². The minimum Gasteiger partial charge on any atom is -0.463 e. The molecule has 0 aliphatic carbocycles. The summed E-state index contributed by atoms with van der Waals surface area (Å²) >= 11 is 6.41. The molecule has 0 spiro atoms. The first-order valence-corrected chi connectivity index (χ1v) is 7.82. The van der Waals surface area contributed by atoms with Crippen LogP contribution >= 0.6 is 11.6 Å². The van der Waals surface area contributed by atoms with Gasteiger partial charge in [0.15, 0.2) is 0 Å². The lowest BCUT2D eigenvalue weighted by molar-refractivity contribution is 0.552. The van der Waals surface area contributed by atoms with Gasteiger partial charge in [-0.3, -0.25) is 0 Å². The third kappa shape index (κ3) is 2.92. The smallest absolute Gasteiger partial charge is 0.142 e. The summed E-state index contributed by atoms with van der Waals surface area (Å²) in [6.45, 7) is 6.43. The zero-order valence-corrected chi connectivity index (χ0v) is 13.2. The summed E-state index contributed by atoms with van der Waals surface area (Å²) in [6, 6.07) is 10.1. The highest BCUT2D eigenvalue weighted by molar-refractivity contribution is 6.37. The van der Waals surface area contributed by atoms with Crippen LogP contribution in [0.1, 0.15) is 19.4 Å². The summed E-state index contributed by atoms with van der Waals surface area (Å²) < 4.78 is 5.81. The quantitative estimate of drug-likeness (QED) is 0.669. The Labute approximate surface area is 130 Å². The predicted octanol–water partition coefficient (Wildman–Crippen LogP) is 5.03. The van der Waals surface area contributed by atoms with Gasteiger partial charge in [-0.15, -0.1) is 0 Å². The first-order valence-electron chi connectivity index (χ1n) is 7.45. The Morgan fingerprint density at radius 1 is 1.14 bits per heavy atom. The molecule has 1 heterocycles. The molecule has 1 aromatic heterocycles. The second-order valence-electron chi connectivity index (χ2n) is 5.89. The number of rotatable bonds is 5. The molecule has 0 amide bonds. The van der Waals surface area contributed by atoms with Gasteiger partial charge in [0, 0.05) is 21.2 Å². The highest BCUT2D eigenvalue weighted by Crippen LogP contribution is 2.34. The van der Waals surface area contributed by atoms with Gasteiger partial charge >= 0.3 is 0 Å². The summed E-state index contributed by atoms with van der Waals surface area (Å²) in [5, 5.41) is 7.51. The van der Waals surface area contributed by atoms with Crippen molar-refractivity contribution in [1.29, 1.82) is 0 Å². The molecule has 0 aliphatic heterocycles. The Kier molecular flexibility index (Phi) is 4.18. The number of hydrogen-bond donors (Lipinski definition) is 1. The van der Waals surface area contributed by atoms with Gasteiger partial charge in [0.25, 0.3) is 0 Å². The number of fused-ring (bicyclic) bond motifs is 3. The molecule has 0 saturated heterocycles. The minimum atomic E-state index is 0.671. The molecule has 3 rings (SSSR count). The Bertz CT molecular complexity index is 760. The zero-order chi connectivity index (χ0) is 14.8. The van der Waals surface area contributed by atoms with Crippen molar-refractivity contribution in [3.8, 4) is 0 Å². The van der Waals surface area contributed by atoms with E-state index in [9.17, 15) is 0 Å². The molecule has 21 heavy (non-hydrogen) atoms. The van der Waals surface area contributed by atoms with Gasteiger partial charge in [-0.25, -0.2) is 0 Å². The molecule has 0 bridgehead atoms. The maximum atomic E-state index is 6.41. The average molecular weight is 302 g/mol. The Balaban J connectivity index is 1.91. The number of nitrogens with one attached hydrogen (secondary N) is 1. The molecule has 0 saturated carbocycles. The highest BCUT2D eigenvalue weighted by Gasteiger charge is 2.11. The minimum absolute atomic E-state index is 0.671. The lowest BCUT2D eigenvalue weighted by Crippen LogP contribution is -2.21. The molecule has 0 atom stereocenters. The van der Waals surface area contributed by atoms with Crippen LogP contribution in [0.25, 0.3) is 21.7 Å². The van der Waals surface area contributed by atoms with Crippen LogP contribution in [0.4, 0.5) is 0 Å². The Morgan fingerprint density at radius 3 is 2.67 bits per heavy atom. The van der Waals surface area contributed by atoms with Crippen molar-refractivity contribution in [2.24, 2.45) is 5.92 Å². The van der Waals surface area contributed by atoms with Crippen molar-refractivity contribution in [2.45, 2.75) is 20.3 Å². The predicted molar refractivity (Wildman–Crippen MR) is 90.1 cm³/mol. The van der Waals surface area contributed by atoms with Crippen molar-refractivity contribution in [2.75, 3.05) is 13.1 Å². The van der Waals surface area contributed by atoms with E-state index >= 15 is 0 Å². The van der Waals surface area contributed by atoms with E-state index in [1.54, 1.807) is 0 Å². The fraction of sp³-hybridized carbons (Fsp3) is 0.333. The molecule has 110 valence electrons. The van der Waals surface area contributed by atoms with Crippen LogP contribution in [-0.4, -0.2) is 13.1 Å². The molecule has 1 N–H and O–H groups in total. The SMILES string of the molecule is CC(C)CNCCc1coc2c1cc(Cl)c1ccccc12. The third-order valence-electron chi connectivity index (χ3n) is 3.73. The van der Waals surface area contributed by atoms with E-state index in [4.69, 9.17) is 16.0 Å². The van der Waals surface area contributed by atoms with E-state index in [0.717, 1.165) is 46.3 Å². The lowest BCUT2D eigenvalue weighted by atomic mass is 10.0. The highest BCUT2D eigenvalue weighted by atomic mass is 35.5. The van der Waals surface area contributed by atoms with E-state index in [1.165, 1.54) is 5.56 Å². The van der Waals surface area contributed by atoms with E-state index in [0.29, 0.717) is 5.92 Å².